The van der Waals surface area contributed by atoms with Crippen molar-refractivity contribution in [3.63, 3.8) is 0 Å². The van der Waals surface area contributed by atoms with Crippen LogP contribution in [-0.4, -0.2) is 28.5 Å². The molecule has 2 rings (SSSR count). The van der Waals surface area contributed by atoms with E-state index in [0.717, 1.165) is 18.7 Å². The summed E-state index contributed by atoms with van der Waals surface area (Å²) in [6.45, 7) is 0.744. The predicted octanol–water partition coefficient (Wildman–Crippen LogP) is 2.86. The Morgan fingerprint density at radius 2 is 1.89 bits per heavy atom. The number of halogens is 2. The minimum Gasteiger partial charge on any atom is -0.343 e. The lowest BCUT2D eigenvalue weighted by molar-refractivity contribution is 0.821. The van der Waals surface area contributed by atoms with Gasteiger partial charge in [0, 0.05) is 38.0 Å². The van der Waals surface area contributed by atoms with Crippen LogP contribution in [0, 0.1) is 0 Å². The molecule has 0 N–H and O–H groups in total. The van der Waals surface area contributed by atoms with Crippen LogP contribution in [0.3, 0.4) is 0 Å². The summed E-state index contributed by atoms with van der Waals surface area (Å²) in [5, 5.41) is 0.685. The van der Waals surface area contributed by atoms with Gasteiger partial charge in [0.2, 0.25) is 5.95 Å². The quantitative estimate of drug-likeness (QED) is 0.809. The smallest absolute Gasteiger partial charge is 0.227 e. The van der Waals surface area contributed by atoms with E-state index in [1.165, 1.54) is 6.07 Å². The highest BCUT2D eigenvalue weighted by Crippen LogP contribution is 2.16. The molecule has 0 unspecified atom stereocenters. The zero-order chi connectivity index (χ0) is 13.0. The van der Waals surface area contributed by atoms with Gasteiger partial charge in [-0.15, -0.1) is 0 Å². The van der Waals surface area contributed by atoms with Crippen molar-refractivity contribution in [3.8, 4) is 0 Å². The number of pyridine rings is 1. The Labute approximate surface area is 116 Å². The van der Waals surface area contributed by atoms with Gasteiger partial charge in [-0.25, -0.2) is 9.97 Å². The molecule has 0 spiro atoms. The Kier molecular flexibility index (Phi) is 4.33. The molecule has 2 heterocycles. The maximum absolute atomic E-state index is 5.84. The van der Waals surface area contributed by atoms with Crippen LogP contribution in [0.4, 0.5) is 5.95 Å². The fourth-order valence-corrected chi connectivity index (χ4v) is 1.89. The molecule has 0 fully saturated rings. The average molecular weight is 283 g/mol. The van der Waals surface area contributed by atoms with Crippen LogP contribution in [-0.2, 0) is 6.42 Å². The number of anilines is 1. The topological polar surface area (TPSA) is 41.9 Å². The van der Waals surface area contributed by atoms with Gasteiger partial charge >= 0.3 is 0 Å². The first-order valence-corrected chi connectivity index (χ1v) is 6.22. The van der Waals surface area contributed by atoms with Crippen molar-refractivity contribution < 1.29 is 0 Å². The van der Waals surface area contributed by atoms with Crippen molar-refractivity contribution >= 4 is 29.2 Å². The first-order chi connectivity index (χ1) is 8.65. The number of nitrogens with zero attached hydrogens (tertiary/aromatic N) is 4. The Balaban J connectivity index is 2.01. The molecule has 0 atom stereocenters. The standard InChI is InChI=1S/C12H12Cl2N4/c1-18(7-5-9-4-2-3-6-15-9)12-16-10(13)8-11(14)17-12/h2-4,6,8H,5,7H2,1H3. The molecule has 94 valence electrons. The Bertz CT molecular complexity index is 498. The van der Waals surface area contributed by atoms with Gasteiger partial charge in [0.1, 0.15) is 10.3 Å². The van der Waals surface area contributed by atoms with Crippen LogP contribution >= 0.6 is 23.2 Å². The Morgan fingerprint density at radius 1 is 1.17 bits per heavy atom. The average Bonchev–Trinajstić information content (AvgIpc) is 2.36. The second kappa shape index (κ2) is 5.98. The van der Waals surface area contributed by atoms with Gasteiger partial charge in [-0.05, 0) is 12.1 Å². The second-order valence-corrected chi connectivity index (χ2v) is 4.58. The summed E-state index contributed by atoms with van der Waals surface area (Å²) < 4.78 is 0. The maximum atomic E-state index is 5.84. The highest BCUT2D eigenvalue weighted by molar-refractivity contribution is 6.33. The highest BCUT2D eigenvalue weighted by atomic mass is 35.5. The van der Waals surface area contributed by atoms with Gasteiger partial charge in [-0.1, -0.05) is 29.3 Å². The van der Waals surface area contributed by atoms with E-state index in [2.05, 4.69) is 15.0 Å². The van der Waals surface area contributed by atoms with E-state index in [9.17, 15) is 0 Å². The van der Waals surface area contributed by atoms with Crippen LogP contribution < -0.4 is 4.90 Å². The lowest BCUT2D eigenvalue weighted by Gasteiger charge is -2.16. The number of aromatic nitrogens is 3. The van der Waals surface area contributed by atoms with Crippen molar-refractivity contribution in [2.75, 3.05) is 18.5 Å². The molecule has 4 nitrogen and oxygen atoms in total. The molecule has 18 heavy (non-hydrogen) atoms. The molecule has 0 aliphatic rings. The van der Waals surface area contributed by atoms with Crippen LogP contribution in [0.15, 0.2) is 30.5 Å². The third-order valence-electron chi connectivity index (χ3n) is 2.42. The van der Waals surface area contributed by atoms with Gasteiger partial charge in [0.15, 0.2) is 0 Å². The van der Waals surface area contributed by atoms with E-state index in [1.807, 2.05) is 30.1 Å². The monoisotopic (exact) mass is 282 g/mol. The van der Waals surface area contributed by atoms with E-state index in [4.69, 9.17) is 23.2 Å². The van der Waals surface area contributed by atoms with E-state index in [-0.39, 0.29) is 0 Å². The van der Waals surface area contributed by atoms with Gasteiger partial charge in [-0.3, -0.25) is 4.98 Å². The summed E-state index contributed by atoms with van der Waals surface area (Å²) in [5.41, 5.74) is 1.03. The van der Waals surface area contributed by atoms with Crippen molar-refractivity contribution in [1.82, 2.24) is 15.0 Å². The Hall–Kier alpha value is -1.39. The summed E-state index contributed by atoms with van der Waals surface area (Å²) in [6.07, 6.45) is 2.59. The summed E-state index contributed by atoms with van der Waals surface area (Å²) in [6, 6.07) is 7.36. The lowest BCUT2D eigenvalue weighted by atomic mass is 10.2. The maximum Gasteiger partial charge on any atom is 0.227 e. The van der Waals surface area contributed by atoms with Crippen LogP contribution in [0.5, 0.6) is 0 Å². The molecule has 2 aromatic heterocycles. The first-order valence-electron chi connectivity index (χ1n) is 5.46. The van der Waals surface area contributed by atoms with E-state index in [0.29, 0.717) is 16.3 Å². The van der Waals surface area contributed by atoms with Gasteiger partial charge in [-0.2, -0.15) is 0 Å². The molecule has 0 amide bonds. The third kappa shape index (κ3) is 3.55. The van der Waals surface area contributed by atoms with Crippen LogP contribution in [0.2, 0.25) is 10.3 Å². The molecule has 6 heteroatoms. The predicted molar refractivity (Wildman–Crippen MR) is 73.3 cm³/mol. The first kappa shape index (κ1) is 13.1. The molecule has 0 bridgehead atoms. The third-order valence-corrected chi connectivity index (χ3v) is 2.81. The minimum absolute atomic E-state index is 0.342. The van der Waals surface area contributed by atoms with E-state index in [1.54, 1.807) is 6.20 Å². The SMILES string of the molecule is CN(CCc1ccccn1)c1nc(Cl)cc(Cl)n1. The molecule has 0 aliphatic heterocycles. The minimum atomic E-state index is 0.342. The Morgan fingerprint density at radius 3 is 2.50 bits per heavy atom. The molecule has 0 aliphatic carbocycles. The van der Waals surface area contributed by atoms with Crippen LogP contribution in [0.1, 0.15) is 5.69 Å². The second-order valence-electron chi connectivity index (χ2n) is 3.81. The highest BCUT2D eigenvalue weighted by Gasteiger charge is 2.07. The zero-order valence-electron chi connectivity index (χ0n) is 9.85. The molecule has 0 saturated heterocycles. The summed E-state index contributed by atoms with van der Waals surface area (Å²) in [4.78, 5) is 14.4. The summed E-state index contributed by atoms with van der Waals surface area (Å²) in [7, 11) is 1.89. The zero-order valence-corrected chi connectivity index (χ0v) is 11.4. The number of likely N-dealkylation sites (N-methyl/N-ethyl adjacent to an activating group) is 1. The van der Waals surface area contributed by atoms with Gasteiger partial charge in [0.05, 0.1) is 0 Å². The molecule has 0 radical (unpaired) electrons. The largest absolute Gasteiger partial charge is 0.343 e. The van der Waals surface area contributed by atoms with Crippen molar-refractivity contribution in [2.24, 2.45) is 0 Å². The fourth-order valence-electron chi connectivity index (χ4n) is 1.48. The van der Waals surface area contributed by atoms with E-state index < -0.39 is 0 Å². The van der Waals surface area contributed by atoms with Crippen molar-refractivity contribution in [1.29, 1.82) is 0 Å². The fraction of sp³-hybridized carbons (Fsp3) is 0.250. The number of rotatable bonds is 4. The number of hydrogen-bond donors (Lipinski definition) is 0. The van der Waals surface area contributed by atoms with Gasteiger partial charge < -0.3 is 4.90 Å². The number of hydrogen-bond acceptors (Lipinski definition) is 4. The molecular formula is C12H12Cl2N4. The molecule has 0 saturated carbocycles. The molecule has 0 aromatic carbocycles. The molecule has 2 aromatic rings. The lowest BCUT2D eigenvalue weighted by Crippen LogP contribution is -2.23. The van der Waals surface area contributed by atoms with Crippen molar-refractivity contribution in [3.05, 3.63) is 46.5 Å². The summed E-state index contributed by atoms with van der Waals surface area (Å²) in [5.74, 6) is 0.517. The van der Waals surface area contributed by atoms with Crippen LogP contribution in [0.25, 0.3) is 0 Å². The normalized spacial score (nSPS) is 10.4. The van der Waals surface area contributed by atoms with Gasteiger partial charge in [0.25, 0.3) is 0 Å². The van der Waals surface area contributed by atoms with E-state index >= 15 is 0 Å². The summed E-state index contributed by atoms with van der Waals surface area (Å²) >= 11 is 11.7. The molecular weight excluding hydrogens is 271 g/mol. The van der Waals surface area contributed by atoms with Crippen molar-refractivity contribution in [2.45, 2.75) is 6.42 Å².